The van der Waals surface area contributed by atoms with Crippen molar-refractivity contribution in [3.8, 4) is 5.75 Å². The van der Waals surface area contributed by atoms with Gasteiger partial charge in [0.15, 0.2) is 5.69 Å². The van der Waals surface area contributed by atoms with Gasteiger partial charge < -0.3 is 15.0 Å². The van der Waals surface area contributed by atoms with Crippen LogP contribution in [0.4, 0.5) is 13.2 Å². The summed E-state index contributed by atoms with van der Waals surface area (Å²) >= 11 is 0. The molecule has 1 fully saturated rings. The van der Waals surface area contributed by atoms with E-state index >= 15 is 0 Å². The highest BCUT2D eigenvalue weighted by molar-refractivity contribution is 6.00. The lowest BCUT2D eigenvalue weighted by atomic mass is 9.73. The first-order valence-electron chi connectivity index (χ1n) is 12.2. The van der Waals surface area contributed by atoms with Gasteiger partial charge in [-0.25, -0.2) is 4.98 Å². The van der Waals surface area contributed by atoms with Gasteiger partial charge in [-0.15, -0.1) is 0 Å². The van der Waals surface area contributed by atoms with Gasteiger partial charge in [-0.2, -0.15) is 18.3 Å². The fourth-order valence-corrected chi connectivity index (χ4v) is 5.80. The summed E-state index contributed by atoms with van der Waals surface area (Å²) in [5.41, 5.74) is 0.580. The normalized spacial score (nSPS) is 20.8. The summed E-state index contributed by atoms with van der Waals surface area (Å²) in [5.74, 6) is -1.95. The zero-order chi connectivity index (χ0) is 27.5. The van der Waals surface area contributed by atoms with Gasteiger partial charge in [0.2, 0.25) is 0 Å². The number of carbonyl (C=O) groups excluding carboxylic acids is 2. The molecule has 3 atom stereocenters. The van der Waals surface area contributed by atoms with Gasteiger partial charge in [0.1, 0.15) is 17.0 Å². The molecule has 39 heavy (non-hydrogen) atoms. The minimum absolute atomic E-state index is 0.0459. The third-order valence-corrected chi connectivity index (χ3v) is 7.46. The van der Waals surface area contributed by atoms with E-state index in [-0.39, 0.29) is 29.9 Å². The van der Waals surface area contributed by atoms with E-state index in [1.54, 1.807) is 12.1 Å². The molecule has 2 aromatic carbocycles. The Labute approximate surface area is 220 Å². The lowest BCUT2D eigenvalue weighted by Crippen LogP contribution is -2.58. The number of piperidine rings is 1. The number of rotatable bonds is 3. The van der Waals surface area contributed by atoms with Gasteiger partial charge in [-0.1, -0.05) is 30.3 Å². The predicted octanol–water partition coefficient (Wildman–Crippen LogP) is 3.53. The predicted molar refractivity (Wildman–Crippen MR) is 133 cm³/mol. The standard InChI is InChI=1S/C27H23F3N6O3/c1-35-23-20(24(34-35)27(28,29)30)17-13-36(12-16(21(17)33-25(23)37)14-6-4-3-5-7-14)26(38)15-10-18-22(19(11-15)39-2)32-9-8-31-18/h3-11,16-17,21H,12-13H2,1-2H3,(H,33,37)/t16-,17?,21+/m1/s1. The van der Waals surface area contributed by atoms with Crippen LogP contribution in [0.15, 0.2) is 54.9 Å². The van der Waals surface area contributed by atoms with Crippen molar-refractivity contribution in [1.82, 2.24) is 30.0 Å². The molecule has 200 valence electrons. The molecule has 2 aromatic heterocycles. The Kier molecular flexibility index (Phi) is 5.77. The van der Waals surface area contributed by atoms with Gasteiger partial charge in [0.05, 0.1) is 12.6 Å². The lowest BCUT2D eigenvalue weighted by molar-refractivity contribution is -0.142. The highest BCUT2D eigenvalue weighted by Crippen LogP contribution is 2.45. The number of methoxy groups -OCH3 is 1. The highest BCUT2D eigenvalue weighted by atomic mass is 19.4. The van der Waals surface area contributed by atoms with Gasteiger partial charge in [-0.3, -0.25) is 19.3 Å². The number of fused-ring (bicyclic) bond motifs is 4. The maximum Gasteiger partial charge on any atom is 0.435 e. The first-order valence-corrected chi connectivity index (χ1v) is 12.2. The highest BCUT2D eigenvalue weighted by Gasteiger charge is 2.51. The fraction of sp³-hybridized carbons (Fsp3) is 0.296. The number of carbonyl (C=O) groups is 2. The van der Waals surface area contributed by atoms with Crippen LogP contribution in [0.5, 0.6) is 5.75 Å². The number of aryl methyl sites for hydroxylation is 1. The summed E-state index contributed by atoms with van der Waals surface area (Å²) in [6.45, 7) is 0.137. The summed E-state index contributed by atoms with van der Waals surface area (Å²) < 4.78 is 48.8. The van der Waals surface area contributed by atoms with E-state index in [1.807, 2.05) is 30.3 Å². The molecule has 9 nitrogen and oxygen atoms in total. The van der Waals surface area contributed by atoms with Crippen LogP contribution in [0.25, 0.3) is 11.0 Å². The number of ether oxygens (including phenoxy) is 1. The Hall–Kier alpha value is -4.48. The van der Waals surface area contributed by atoms with Crippen molar-refractivity contribution in [3.63, 3.8) is 0 Å². The van der Waals surface area contributed by atoms with Gasteiger partial charge >= 0.3 is 6.18 Å². The first kappa shape index (κ1) is 24.8. The molecule has 12 heteroatoms. The van der Waals surface area contributed by atoms with Crippen LogP contribution < -0.4 is 10.1 Å². The van der Waals surface area contributed by atoms with Crippen LogP contribution in [0.2, 0.25) is 0 Å². The molecule has 1 saturated heterocycles. The Morgan fingerprint density at radius 3 is 2.51 bits per heavy atom. The lowest BCUT2D eigenvalue weighted by Gasteiger charge is -2.46. The Balaban J connectivity index is 1.48. The van der Waals surface area contributed by atoms with Gasteiger partial charge in [-0.05, 0) is 17.7 Å². The fourth-order valence-electron chi connectivity index (χ4n) is 5.80. The second-order valence-electron chi connectivity index (χ2n) is 9.67. The second kappa shape index (κ2) is 9.07. The Bertz CT molecular complexity index is 1600. The summed E-state index contributed by atoms with van der Waals surface area (Å²) in [5, 5.41) is 6.61. The van der Waals surface area contributed by atoms with Crippen LogP contribution in [0, 0.1) is 0 Å². The molecule has 0 radical (unpaired) electrons. The average molecular weight is 537 g/mol. The van der Waals surface area contributed by atoms with Crippen molar-refractivity contribution in [2.75, 3.05) is 20.2 Å². The number of aromatic nitrogens is 4. The Morgan fingerprint density at radius 2 is 1.79 bits per heavy atom. The SMILES string of the molecule is COc1cc(C(=O)N2CC3c4c(C(F)(F)F)nn(C)c4C(=O)N[C@H]3[C@@H](c3ccccc3)C2)cc2nccnc12. The molecular weight excluding hydrogens is 513 g/mol. The van der Waals surface area contributed by atoms with E-state index in [9.17, 15) is 22.8 Å². The molecule has 0 aliphatic carbocycles. The Morgan fingerprint density at radius 1 is 1.08 bits per heavy atom. The van der Waals surface area contributed by atoms with Crippen LogP contribution in [0.1, 0.15) is 49.5 Å². The number of nitrogens with zero attached hydrogens (tertiary/aromatic N) is 5. The van der Waals surface area contributed by atoms with E-state index in [0.29, 0.717) is 16.8 Å². The zero-order valence-corrected chi connectivity index (χ0v) is 20.9. The maximum absolute atomic E-state index is 14.1. The molecular formula is C27H23F3N6O3. The monoisotopic (exact) mass is 536 g/mol. The van der Waals surface area contributed by atoms with Crippen molar-refractivity contribution in [3.05, 3.63) is 82.9 Å². The zero-order valence-electron chi connectivity index (χ0n) is 20.9. The average Bonchev–Trinajstić information content (AvgIpc) is 3.31. The number of hydrogen-bond donors (Lipinski definition) is 1. The summed E-state index contributed by atoms with van der Waals surface area (Å²) in [6.07, 6.45) is -1.75. The molecule has 0 bridgehead atoms. The van der Waals surface area contributed by atoms with Gasteiger partial charge in [0, 0.05) is 61.5 Å². The van der Waals surface area contributed by atoms with Crippen LogP contribution >= 0.6 is 0 Å². The molecule has 0 saturated carbocycles. The molecule has 4 heterocycles. The van der Waals surface area contributed by atoms with Crippen molar-refractivity contribution in [1.29, 1.82) is 0 Å². The van der Waals surface area contributed by atoms with Crippen molar-refractivity contribution >= 4 is 22.8 Å². The minimum atomic E-state index is -4.77. The molecule has 6 rings (SSSR count). The number of benzene rings is 2. The van der Waals surface area contributed by atoms with E-state index in [2.05, 4.69) is 20.4 Å². The first-order chi connectivity index (χ1) is 18.7. The molecule has 0 spiro atoms. The third-order valence-electron chi connectivity index (χ3n) is 7.46. The topological polar surface area (TPSA) is 102 Å². The number of alkyl halides is 3. The smallest absolute Gasteiger partial charge is 0.435 e. The van der Waals surface area contributed by atoms with E-state index in [4.69, 9.17) is 4.74 Å². The number of nitrogens with one attached hydrogen (secondary N) is 1. The quantitative estimate of drug-likeness (QED) is 0.430. The number of hydrogen-bond acceptors (Lipinski definition) is 6. The molecule has 2 aliphatic rings. The van der Waals surface area contributed by atoms with Crippen molar-refractivity contribution in [2.45, 2.75) is 24.1 Å². The summed E-state index contributed by atoms with van der Waals surface area (Å²) in [7, 11) is 2.78. The molecule has 1 unspecified atom stereocenters. The summed E-state index contributed by atoms with van der Waals surface area (Å²) in [6, 6.07) is 11.6. The number of likely N-dealkylation sites (tertiary alicyclic amines) is 1. The van der Waals surface area contributed by atoms with Gasteiger partial charge in [0.25, 0.3) is 11.8 Å². The van der Waals surface area contributed by atoms with Crippen molar-refractivity contribution < 1.29 is 27.5 Å². The van der Waals surface area contributed by atoms with Crippen LogP contribution in [-0.2, 0) is 13.2 Å². The summed E-state index contributed by atoms with van der Waals surface area (Å²) in [4.78, 5) is 37.1. The number of halogens is 3. The molecule has 2 aliphatic heterocycles. The third kappa shape index (κ3) is 4.06. The van der Waals surface area contributed by atoms with Crippen LogP contribution in [-0.4, -0.2) is 62.7 Å². The van der Waals surface area contributed by atoms with Crippen LogP contribution in [0.3, 0.4) is 0 Å². The maximum atomic E-state index is 14.1. The molecule has 1 N–H and O–H groups in total. The van der Waals surface area contributed by atoms with E-state index < -0.39 is 41.6 Å². The largest absolute Gasteiger partial charge is 0.494 e. The van der Waals surface area contributed by atoms with E-state index in [0.717, 1.165) is 10.2 Å². The van der Waals surface area contributed by atoms with Crippen molar-refractivity contribution in [2.24, 2.45) is 7.05 Å². The van der Waals surface area contributed by atoms with E-state index in [1.165, 1.54) is 31.5 Å². The molecule has 4 aromatic rings. The second-order valence-corrected chi connectivity index (χ2v) is 9.67. The minimum Gasteiger partial charge on any atom is -0.494 e. The molecule has 2 amide bonds. The number of amides is 2.